The molecule has 0 saturated heterocycles. The van der Waals surface area contributed by atoms with Crippen molar-refractivity contribution >= 4 is 17.7 Å². The van der Waals surface area contributed by atoms with Crippen LogP contribution in [0.15, 0.2) is 24.3 Å². The zero-order chi connectivity index (χ0) is 13.4. The average molecular weight is 250 g/mol. The van der Waals surface area contributed by atoms with Crippen molar-refractivity contribution < 1.29 is 14.7 Å². The summed E-state index contributed by atoms with van der Waals surface area (Å²) in [5.74, 6) is -0.889. The number of nitrogens with one attached hydrogen (secondary N) is 2. The van der Waals surface area contributed by atoms with Crippen molar-refractivity contribution in [3.8, 4) is 0 Å². The summed E-state index contributed by atoms with van der Waals surface area (Å²) >= 11 is 0. The predicted octanol–water partition coefficient (Wildman–Crippen LogP) is 2.24. The number of hydrogen-bond donors (Lipinski definition) is 3. The number of amides is 2. The lowest BCUT2D eigenvalue weighted by molar-refractivity contribution is -0.136. The van der Waals surface area contributed by atoms with Crippen LogP contribution in [0.1, 0.15) is 25.3 Å². The largest absolute Gasteiger partial charge is 0.481 e. The van der Waals surface area contributed by atoms with Crippen LogP contribution in [0.3, 0.4) is 0 Å². The van der Waals surface area contributed by atoms with Gasteiger partial charge in [-0.3, -0.25) is 4.79 Å². The molecule has 0 aromatic heterocycles. The van der Waals surface area contributed by atoms with E-state index in [1.54, 1.807) is 24.3 Å². The molecule has 1 aromatic carbocycles. The van der Waals surface area contributed by atoms with Crippen molar-refractivity contribution in [3.63, 3.8) is 0 Å². The maximum Gasteiger partial charge on any atom is 0.319 e. The highest BCUT2D eigenvalue weighted by Crippen LogP contribution is 2.11. The molecular weight excluding hydrogens is 232 g/mol. The van der Waals surface area contributed by atoms with Crippen LogP contribution in [-0.2, 0) is 11.2 Å². The highest BCUT2D eigenvalue weighted by molar-refractivity contribution is 5.89. The first kappa shape index (κ1) is 14.0. The van der Waals surface area contributed by atoms with Gasteiger partial charge in [0.05, 0.1) is 6.42 Å². The molecule has 18 heavy (non-hydrogen) atoms. The van der Waals surface area contributed by atoms with Gasteiger partial charge in [-0.05, 0) is 24.1 Å². The Balaban J connectivity index is 2.51. The number of hydrogen-bond acceptors (Lipinski definition) is 2. The lowest BCUT2D eigenvalue weighted by Gasteiger charge is -2.08. The number of carboxylic acid groups (broad SMARTS) is 1. The van der Waals surface area contributed by atoms with Gasteiger partial charge in [0.2, 0.25) is 0 Å². The zero-order valence-corrected chi connectivity index (χ0v) is 10.4. The third kappa shape index (κ3) is 5.34. The monoisotopic (exact) mass is 250 g/mol. The van der Waals surface area contributed by atoms with Crippen molar-refractivity contribution in [1.29, 1.82) is 0 Å². The van der Waals surface area contributed by atoms with Gasteiger partial charge in [0.15, 0.2) is 0 Å². The molecule has 0 saturated carbocycles. The van der Waals surface area contributed by atoms with E-state index in [1.165, 1.54) is 0 Å². The van der Waals surface area contributed by atoms with Crippen LogP contribution < -0.4 is 10.6 Å². The van der Waals surface area contributed by atoms with E-state index in [9.17, 15) is 9.59 Å². The molecule has 0 aliphatic carbocycles. The van der Waals surface area contributed by atoms with E-state index in [-0.39, 0.29) is 12.5 Å². The quantitative estimate of drug-likeness (QED) is 0.677. The Labute approximate surface area is 106 Å². The SMILES string of the molecule is CCCCNC(=O)Nc1cccc(CC(=O)O)c1. The molecule has 1 rings (SSSR count). The van der Waals surface area contributed by atoms with E-state index in [1.807, 2.05) is 0 Å². The fourth-order valence-corrected chi connectivity index (χ4v) is 1.49. The third-order valence-corrected chi connectivity index (χ3v) is 2.36. The third-order valence-electron chi connectivity index (χ3n) is 2.36. The van der Waals surface area contributed by atoms with Crippen LogP contribution in [-0.4, -0.2) is 23.7 Å². The average Bonchev–Trinajstić information content (AvgIpc) is 2.28. The number of carbonyl (C=O) groups excluding carboxylic acids is 1. The first-order valence-corrected chi connectivity index (χ1v) is 5.97. The maximum absolute atomic E-state index is 11.5. The number of aliphatic carboxylic acids is 1. The Morgan fingerprint density at radius 2 is 2.11 bits per heavy atom. The van der Waals surface area contributed by atoms with Gasteiger partial charge in [-0.1, -0.05) is 25.5 Å². The molecule has 0 fully saturated rings. The van der Waals surface area contributed by atoms with Crippen LogP contribution in [0.25, 0.3) is 0 Å². The minimum absolute atomic E-state index is 0.0486. The minimum Gasteiger partial charge on any atom is -0.481 e. The van der Waals surface area contributed by atoms with Gasteiger partial charge in [-0.2, -0.15) is 0 Å². The van der Waals surface area contributed by atoms with Crippen molar-refractivity contribution in [2.24, 2.45) is 0 Å². The Morgan fingerprint density at radius 3 is 2.78 bits per heavy atom. The van der Waals surface area contributed by atoms with E-state index in [4.69, 9.17) is 5.11 Å². The summed E-state index contributed by atoms with van der Waals surface area (Å²) in [5, 5.41) is 14.1. The summed E-state index contributed by atoms with van der Waals surface area (Å²) < 4.78 is 0. The van der Waals surface area contributed by atoms with Crippen molar-refractivity contribution in [1.82, 2.24) is 5.32 Å². The number of anilines is 1. The second-order valence-electron chi connectivity index (χ2n) is 4.01. The molecule has 0 aliphatic heterocycles. The number of unbranched alkanes of at least 4 members (excludes halogenated alkanes) is 1. The Kier molecular flexibility index (Phi) is 5.70. The van der Waals surface area contributed by atoms with E-state index >= 15 is 0 Å². The summed E-state index contributed by atoms with van der Waals surface area (Å²) in [5.41, 5.74) is 1.26. The molecule has 5 heteroatoms. The number of rotatable bonds is 6. The molecule has 5 nitrogen and oxygen atoms in total. The molecule has 2 amide bonds. The summed E-state index contributed by atoms with van der Waals surface area (Å²) in [6, 6.07) is 6.56. The number of benzene rings is 1. The van der Waals surface area contributed by atoms with Gasteiger partial charge in [0.25, 0.3) is 0 Å². The molecule has 0 unspecified atom stereocenters. The van der Waals surface area contributed by atoms with Crippen LogP contribution in [0.4, 0.5) is 10.5 Å². The zero-order valence-electron chi connectivity index (χ0n) is 10.4. The van der Waals surface area contributed by atoms with Gasteiger partial charge < -0.3 is 15.7 Å². The molecule has 0 radical (unpaired) electrons. The standard InChI is InChI=1S/C13H18N2O3/c1-2-3-7-14-13(18)15-11-6-4-5-10(8-11)9-12(16)17/h4-6,8H,2-3,7,9H2,1H3,(H,16,17)(H2,14,15,18). The lowest BCUT2D eigenvalue weighted by Crippen LogP contribution is -2.29. The maximum atomic E-state index is 11.5. The van der Waals surface area contributed by atoms with Crippen LogP contribution in [0, 0.1) is 0 Å². The Bertz CT molecular complexity index is 418. The normalized spacial score (nSPS) is 9.83. The predicted molar refractivity (Wildman–Crippen MR) is 69.7 cm³/mol. The van der Waals surface area contributed by atoms with Gasteiger partial charge in [-0.15, -0.1) is 0 Å². The molecule has 0 heterocycles. The fourth-order valence-electron chi connectivity index (χ4n) is 1.49. The second kappa shape index (κ2) is 7.32. The van der Waals surface area contributed by atoms with Crippen LogP contribution in [0.2, 0.25) is 0 Å². The number of carbonyl (C=O) groups is 2. The highest BCUT2D eigenvalue weighted by Gasteiger charge is 2.04. The minimum atomic E-state index is -0.889. The lowest BCUT2D eigenvalue weighted by atomic mass is 10.1. The topological polar surface area (TPSA) is 78.4 Å². The summed E-state index contributed by atoms with van der Waals surface area (Å²) in [6.45, 7) is 2.69. The first-order chi connectivity index (χ1) is 8.61. The van der Waals surface area contributed by atoms with Crippen molar-refractivity contribution in [2.45, 2.75) is 26.2 Å². The molecule has 0 atom stereocenters. The molecule has 1 aromatic rings. The summed E-state index contributed by atoms with van der Waals surface area (Å²) in [7, 11) is 0. The second-order valence-corrected chi connectivity index (χ2v) is 4.01. The van der Waals surface area contributed by atoms with Gasteiger partial charge in [-0.25, -0.2) is 4.79 Å². The van der Waals surface area contributed by atoms with Crippen molar-refractivity contribution in [2.75, 3.05) is 11.9 Å². The Hall–Kier alpha value is -2.04. The van der Waals surface area contributed by atoms with E-state index in [0.717, 1.165) is 12.8 Å². The van der Waals surface area contributed by atoms with E-state index < -0.39 is 5.97 Å². The first-order valence-electron chi connectivity index (χ1n) is 5.97. The van der Waals surface area contributed by atoms with Gasteiger partial charge >= 0.3 is 12.0 Å². The van der Waals surface area contributed by atoms with E-state index in [0.29, 0.717) is 17.8 Å². The number of urea groups is 1. The van der Waals surface area contributed by atoms with E-state index in [2.05, 4.69) is 17.6 Å². The Morgan fingerprint density at radius 1 is 1.33 bits per heavy atom. The molecule has 0 aliphatic rings. The summed E-state index contributed by atoms with van der Waals surface area (Å²) in [4.78, 5) is 22.1. The highest BCUT2D eigenvalue weighted by atomic mass is 16.4. The molecular formula is C13H18N2O3. The fraction of sp³-hybridized carbons (Fsp3) is 0.385. The van der Waals surface area contributed by atoms with Crippen LogP contribution in [0.5, 0.6) is 0 Å². The smallest absolute Gasteiger partial charge is 0.319 e. The van der Waals surface area contributed by atoms with Gasteiger partial charge in [0, 0.05) is 12.2 Å². The summed E-state index contributed by atoms with van der Waals surface area (Å²) in [6.07, 6.45) is 1.91. The number of carboxylic acids is 1. The van der Waals surface area contributed by atoms with Crippen molar-refractivity contribution in [3.05, 3.63) is 29.8 Å². The van der Waals surface area contributed by atoms with Crippen LogP contribution >= 0.6 is 0 Å². The molecule has 0 spiro atoms. The molecule has 3 N–H and O–H groups in total. The molecule has 0 bridgehead atoms. The van der Waals surface area contributed by atoms with Gasteiger partial charge in [0.1, 0.15) is 0 Å². The molecule has 98 valence electrons.